The van der Waals surface area contributed by atoms with Crippen molar-refractivity contribution < 1.29 is 23.6 Å². The lowest BCUT2D eigenvalue weighted by Crippen LogP contribution is -2.48. The smallest absolute Gasteiger partial charge is 0.292 e. The lowest BCUT2D eigenvalue weighted by atomic mass is 10.1. The summed E-state index contributed by atoms with van der Waals surface area (Å²) in [5, 5.41) is 10.0. The van der Waals surface area contributed by atoms with Crippen LogP contribution in [0.4, 0.5) is 0 Å². The number of rotatable bonds is 2. The molecule has 2 heterocycles. The average molecular weight is 477 g/mol. The molecule has 0 saturated carbocycles. The van der Waals surface area contributed by atoms with Crippen LogP contribution in [0.25, 0.3) is 0 Å². The Morgan fingerprint density at radius 2 is 2.03 bits per heavy atom. The van der Waals surface area contributed by atoms with Crippen LogP contribution in [0.2, 0.25) is 5.02 Å². The third-order valence-corrected chi connectivity index (χ3v) is 5.59. The van der Waals surface area contributed by atoms with E-state index in [0.29, 0.717) is 48.0 Å². The van der Waals surface area contributed by atoms with E-state index in [1.54, 1.807) is 31.2 Å². The highest BCUT2D eigenvalue weighted by Crippen LogP contribution is 2.24. The highest BCUT2D eigenvalue weighted by atomic mass is 35.5. The van der Waals surface area contributed by atoms with Gasteiger partial charge in [0.1, 0.15) is 12.4 Å². The largest absolute Gasteiger partial charge is 0.491 e. The summed E-state index contributed by atoms with van der Waals surface area (Å²) in [5.41, 5.74) is 0.921. The fourth-order valence-electron chi connectivity index (χ4n) is 3.41. The fourth-order valence-corrected chi connectivity index (χ4v) is 3.58. The van der Waals surface area contributed by atoms with Crippen molar-refractivity contribution in [3.8, 4) is 5.75 Å². The van der Waals surface area contributed by atoms with Gasteiger partial charge in [0.2, 0.25) is 11.7 Å². The number of nitrogens with one attached hydrogen (secondary N) is 2. The van der Waals surface area contributed by atoms with E-state index in [9.17, 15) is 14.4 Å². The molecule has 0 aliphatic carbocycles. The highest BCUT2D eigenvalue weighted by Gasteiger charge is 2.25. The van der Waals surface area contributed by atoms with Crippen molar-refractivity contribution >= 4 is 29.3 Å². The maximum absolute atomic E-state index is 12.9. The number of carbonyl (C=O) groups is 3. The molecule has 3 rings (SSSR count). The molecule has 0 unspecified atom stereocenters. The summed E-state index contributed by atoms with van der Waals surface area (Å²) in [5.74, 6) is -0.472. The molecule has 0 bridgehead atoms. The molecule has 0 saturated heterocycles. The molecule has 0 spiro atoms. The predicted octanol–water partition coefficient (Wildman–Crippen LogP) is 2.82. The molecule has 1 aliphatic rings. The van der Waals surface area contributed by atoms with Gasteiger partial charge in [-0.3, -0.25) is 14.4 Å². The molecular weight excluding hydrogens is 448 g/mol. The first-order chi connectivity index (χ1) is 15.7. The first-order valence-corrected chi connectivity index (χ1v) is 11.3. The van der Waals surface area contributed by atoms with Crippen molar-refractivity contribution in [3.63, 3.8) is 0 Å². The first-order valence-electron chi connectivity index (χ1n) is 11.0. The van der Waals surface area contributed by atoms with E-state index >= 15 is 0 Å². The molecule has 9 nitrogen and oxygen atoms in total. The van der Waals surface area contributed by atoms with Crippen molar-refractivity contribution in [1.82, 2.24) is 20.7 Å². The van der Waals surface area contributed by atoms with Crippen LogP contribution < -0.4 is 15.4 Å². The SMILES string of the molecule is Cc1cc(C(=O)N2CCCCNC(=O)c3cc(Cl)ccc3OC[C@@H](C(C)C)NC(=O)C2)on1. The maximum Gasteiger partial charge on any atom is 0.292 e. The van der Waals surface area contributed by atoms with Gasteiger partial charge in [-0.15, -0.1) is 0 Å². The summed E-state index contributed by atoms with van der Waals surface area (Å²) < 4.78 is 11.0. The molecule has 0 radical (unpaired) electrons. The van der Waals surface area contributed by atoms with Crippen LogP contribution in [0, 0.1) is 12.8 Å². The van der Waals surface area contributed by atoms with E-state index in [-0.39, 0.29) is 42.7 Å². The number of ether oxygens (including phenoxy) is 1. The fraction of sp³-hybridized carbons (Fsp3) is 0.478. The number of benzene rings is 1. The zero-order valence-corrected chi connectivity index (χ0v) is 19.8. The minimum atomic E-state index is -0.404. The Balaban J connectivity index is 1.81. The average Bonchev–Trinajstić information content (AvgIpc) is 3.20. The second-order valence-electron chi connectivity index (χ2n) is 8.39. The van der Waals surface area contributed by atoms with Crippen LogP contribution in [-0.4, -0.2) is 60.1 Å². The molecule has 2 N–H and O–H groups in total. The van der Waals surface area contributed by atoms with Crippen LogP contribution in [0.5, 0.6) is 5.75 Å². The van der Waals surface area contributed by atoms with Gasteiger partial charge in [0.05, 0.1) is 23.8 Å². The van der Waals surface area contributed by atoms with Gasteiger partial charge in [-0.1, -0.05) is 30.6 Å². The third-order valence-electron chi connectivity index (χ3n) is 5.36. The van der Waals surface area contributed by atoms with Crippen molar-refractivity contribution in [2.24, 2.45) is 5.92 Å². The van der Waals surface area contributed by atoms with Crippen LogP contribution in [0.3, 0.4) is 0 Å². The van der Waals surface area contributed by atoms with E-state index in [0.717, 1.165) is 0 Å². The molecule has 2 aromatic rings. The number of fused-ring (bicyclic) bond motifs is 1. The van der Waals surface area contributed by atoms with Gasteiger partial charge in [0.25, 0.3) is 11.8 Å². The van der Waals surface area contributed by atoms with Crippen molar-refractivity contribution in [1.29, 1.82) is 0 Å². The van der Waals surface area contributed by atoms with Gasteiger partial charge < -0.3 is 24.8 Å². The highest BCUT2D eigenvalue weighted by molar-refractivity contribution is 6.31. The lowest BCUT2D eigenvalue weighted by Gasteiger charge is -2.26. The second kappa shape index (κ2) is 11.2. The van der Waals surface area contributed by atoms with Crippen LogP contribution >= 0.6 is 11.6 Å². The Kier molecular flexibility index (Phi) is 8.32. The number of halogens is 1. The molecule has 1 atom stereocenters. The number of aromatic nitrogens is 1. The number of hydrogen-bond acceptors (Lipinski definition) is 6. The van der Waals surface area contributed by atoms with Crippen molar-refractivity contribution in [3.05, 3.63) is 46.3 Å². The number of hydrogen-bond donors (Lipinski definition) is 2. The van der Waals surface area contributed by atoms with Gasteiger partial charge in [0, 0.05) is 24.2 Å². The Bertz CT molecular complexity index is 1010. The topological polar surface area (TPSA) is 114 Å². The predicted molar refractivity (Wildman–Crippen MR) is 122 cm³/mol. The summed E-state index contributed by atoms with van der Waals surface area (Å²) in [7, 11) is 0. The first kappa shape index (κ1) is 24.6. The van der Waals surface area contributed by atoms with Crippen molar-refractivity contribution in [2.45, 2.75) is 39.7 Å². The van der Waals surface area contributed by atoms with Gasteiger partial charge in [-0.05, 0) is 43.9 Å². The summed E-state index contributed by atoms with van der Waals surface area (Å²) in [6, 6.07) is 6.07. The molecule has 33 heavy (non-hydrogen) atoms. The van der Waals surface area contributed by atoms with Gasteiger partial charge in [-0.25, -0.2) is 0 Å². The van der Waals surface area contributed by atoms with E-state index in [2.05, 4.69) is 15.8 Å². The minimum Gasteiger partial charge on any atom is -0.491 e. The summed E-state index contributed by atoms with van der Waals surface area (Å²) in [4.78, 5) is 39.9. The molecular formula is C23H29ClN4O5. The van der Waals surface area contributed by atoms with Crippen LogP contribution in [0.1, 0.15) is 53.3 Å². The minimum absolute atomic E-state index is 0.0512. The molecule has 1 aliphatic heterocycles. The normalized spacial score (nSPS) is 18.5. The number of aryl methyl sites for hydroxylation is 1. The van der Waals surface area contributed by atoms with E-state index < -0.39 is 5.91 Å². The van der Waals surface area contributed by atoms with E-state index in [4.69, 9.17) is 20.9 Å². The molecule has 0 fully saturated rings. The Labute approximate surface area is 197 Å². The van der Waals surface area contributed by atoms with Gasteiger partial charge >= 0.3 is 0 Å². The zero-order chi connectivity index (χ0) is 24.0. The summed E-state index contributed by atoms with van der Waals surface area (Å²) in [6.07, 6.45) is 1.19. The van der Waals surface area contributed by atoms with Gasteiger partial charge in [-0.2, -0.15) is 0 Å². The monoisotopic (exact) mass is 476 g/mol. The van der Waals surface area contributed by atoms with Crippen molar-refractivity contribution in [2.75, 3.05) is 26.2 Å². The Morgan fingerprint density at radius 1 is 1.24 bits per heavy atom. The van der Waals surface area contributed by atoms with E-state index in [1.165, 1.54) is 4.90 Å². The summed E-state index contributed by atoms with van der Waals surface area (Å²) in [6.45, 7) is 6.39. The number of amides is 3. The maximum atomic E-state index is 12.9. The standard InChI is InChI=1S/C23H29ClN4O5/c1-14(2)18-13-32-19-7-6-16(24)11-17(19)22(30)25-8-4-5-9-28(12-21(29)26-18)23(31)20-10-15(3)27-33-20/h6-7,10-11,14,18H,4-5,8-9,12-13H2,1-3H3,(H,25,30)(H,26,29)/t18-/m0/s1. The molecule has 178 valence electrons. The number of carbonyl (C=O) groups excluding carboxylic acids is 3. The Hall–Kier alpha value is -3.07. The quantitative estimate of drug-likeness (QED) is 0.689. The molecule has 3 amide bonds. The second-order valence-corrected chi connectivity index (χ2v) is 8.83. The lowest BCUT2D eigenvalue weighted by molar-refractivity contribution is -0.123. The van der Waals surface area contributed by atoms with Crippen LogP contribution in [-0.2, 0) is 4.79 Å². The third kappa shape index (κ3) is 6.71. The zero-order valence-electron chi connectivity index (χ0n) is 19.0. The Morgan fingerprint density at radius 3 is 2.73 bits per heavy atom. The molecule has 1 aromatic carbocycles. The molecule has 10 heteroatoms. The molecule has 1 aromatic heterocycles. The summed E-state index contributed by atoms with van der Waals surface area (Å²) >= 11 is 6.09. The number of nitrogens with zero attached hydrogens (tertiary/aromatic N) is 2. The van der Waals surface area contributed by atoms with Crippen LogP contribution in [0.15, 0.2) is 28.8 Å². The van der Waals surface area contributed by atoms with E-state index in [1.807, 2.05) is 13.8 Å². The van der Waals surface area contributed by atoms with Gasteiger partial charge in [0.15, 0.2) is 0 Å².